The highest BCUT2D eigenvalue weighted by atomic mass is 19.1. The lowest BCUT2D eigenvalue weighted by atomic mass is 9.66. The first kappa shape index (κ1) is 22.1. The SMILES string of the molecule is C[C@@H]1CN2c3c(cc4c(OC(=O)N(C)C)noc4c3F)CC3(C(=O)NC(=O)NC3=O)[C@H]2[C@H](C)O1. The van der Waals surface area contributed by atoms with Gasteiger partial charge in [0.15, 0.2) is 11.2 Å². The van der Waals surface area contributed by atoms with Gasteiger partial charge in [0.2, 0.25) is 17.4 Å². The van der Waals surface area contributed by atoms with E-state index in [9.17, 15) is 19.2 Å². The fraction of sp³-hybridized carbons (Fsp3) is 0.476. The number of halogens is 1. The number of amides is 5. The van der Waals surface area contributed by atoms with Crippen molar-refractivity contribution in [2.45, 2.75) is 38.5 Å². The minimum absolute atomic E-state index is 0.0714. The molecule has 12 nitrogen and oxygen atoms in total. The number of ether oxygens (including phenoxy) is 2. The van der Waals surface area contributed by atoms with E-state index in [0.29, 0.717) is 5.56 Å². The molecule has 4 heterocycles. The summed E-state index contributed by atoms with van der Waals surface area (Å²) in [6, 6.07) is -0.332. The molecule has 0 unspecified atom stereocenters. The lowest BCUT2D eigenvalue weighted by molar-refractivity contribution is -0.153. The van der Waals surface area contributed by atoms with Crippen LogP contribution in [-0.2, 0) is 20.7 Å². The Hall–Kier alpha value is -3.74. The number of fused-ring (bicyclic) bond motifs is 5. The first-order valence-electron chi connectivity index (χ1n) is 10.6. The third kappa shape index (κ3) is 2.96. The third-order valence-corrected chi connectivity index (χ3v) is 6.48. The van der Waals surface area contributed by atoms with Crippen LogP contribution in [0.5, 0.6) is 5.88 Å². The molecule has 5 rings (SSSR count). The number of rotatable bonds is 1. The van der Waals surface area contributed by atoms with Gasteiger partial charge in [-0.1, -0.05) is 0 Å². The number of anilines is 1. The average Bonchev–Trinajstić information content (AvgIpc) is 3.14. The topological polar surface area (TPSA) is 143 Å². The van der Waals surface area contributed by atoms with E-state index >= 15 is 4.39 Å². The first-order valence-corrected chi connectivity index (χ1v) is 10.6. The maximum Gasteiger partial charge on any atom is 0.416 e. The van der Waals surface area contributed by atoms with Crippen LogP contribution < -0.4 is 20.3 Å². The van der Waals surface area contributed by atoms with Gasteiger partial charge in [-0.3, -0.25) is 20.2 Å². The van der Waals surface area contributed by atoms with Crippen molar-refractivity contribution in [3.8, 4) is 5.88 Å². The molecule has 34 heavy (non-hydrogen) atoms. The van der Waals surface area contributed by atoms with Crippen LogP contribution in [-0.4, -0.2) is 72.9 Å². The van der Waals surface area contributed by atoms with Gasteiger partial charge in [-0.2, -0.15) is 0 Å². The van der Waals surface area contributed by atoms with Crippen LogP contribution >= 0.6 is 0 Å². The predicted octanol–water partition coefficient (Wildman–Crippen LogP) is 0.918. The Morgan fingerprint density at radius 1 is 1.26 bits per heavy atom. The summed E-state index contributed by atoms with van der Waals surface area (Å²) in [4.78, 5) is 53.0. The molecule has 3 aliphatic heterocycles. The van der Waals surface area contributed by atoms with Crippen molar-refractivity contribution in [3.05, 3.63) is 17.4 Å². The molecule has 2 saturated heterocycles. The van der Waals surface area contributed by atoms with E-state index in [4.69, 9.17) is 14.0 Å². The summed E-state index contributed by atoms with van der Waals surface area (Å²) in [5, 5.41) is 8.11. The Kier molecular flexibility index (Phi) is 4.79. The van der Waals surface area contributed by atoms with Crippen molar-refractivity contribution < 1.29 is 37.6 Å². The van der Waals surface area contributed by atoms with E-state index in [0.717, 1.165) is 0 Å². The molecule has 0 radical (unpaired) electrons. The molecular formula is C21H22FN5O7. The number of imide groups is 2. The van der Waals surface area contributed by atoms with Gasteiger partial charge in [0.1, 0.15) is 0 Å². The van der Waals surface area contributed by atoms with Gasteiger partial charge in [-0.25, -0.2) is 14.0 Å². The van der Waals surface area contributed by atoms with Gasteiger partial charge >= 0.3 is 12.1 Å². The largest absolute Gasteiger partial charge is 0.416 e. The molecule has 3 atom stereocenters. The zero-order valence-electron chi connectivity index (χ0n) is 18.8. The van der Waals surface area contributed by atoms with E-state index in [2.05, 4.69) is 15.8 Å². The summed E-state index contributed by atoms with van der Waals surface area (Å²) in [5.74, 6) is -2.60. The molecular weight excluding hydrogens is 453 g/mol. The highest BCUT2D eigenvalue weighted by Crippen LogP contribution is 2.49. The lowest BCUT2D eigenvalue weighted by Gasteiger charge is -2.55. The Balaban J connectivity index is 1.72. The second-order valence-corrected chi connectivity index (χ2v) is 8.96. The first-order chi connectivity index (χ1) is 16.0. The summed E-state index contributed by atoms with van der Waals surface area (Å²) in [6.07, 6.45) is -1.96. The fourth-order valence-corrected chi connectivity index (χ4v) is 5.17. The van der Waals surface area contributed by atoms with E-state index in [1.807, 2.05) is 0 Å². The van der Waals surface area contributed by atoms with E-state index in [1.165, 1.54) is 25.1 Å². The van der Waals surface area contributed by atoms with Crippen molar-refractivity contribution in [1.29, 1.82) is 0 Å². The molecule has 1 aromatic carbocycles. The van der Waals surface area contributed by atoms with Crippen LogP contribution in [0.3, 0.4) is 0 Å². The number of carbonyl (C=O) groups excluding carboxylic acids is 4. The highest BCUT2D eigenvalue weighted by molar-refractivity contribution is 6.20. The third-order valence-electron chi connectivity index (χ3n) is 6.48. The minimum Gasteiger partial charge on any atom is -0.387 e. The number of benzene rings is 1. The van der Waals surface area contributed by atoms with E-state index in [-0.39, 0.29) is 41.6 Å². The van der Waals surface area contributed by atoms with Crippen LogP contribution in [0, 0.1) is 11.2 Å². The zero-order chi connectivity index (χ0) is 24.5. The second-order valence-electron chi connectivity index (χ2n) is 8.96. The maximum atomic E-state index is 15.9. The summed E-state index contributed by atoms with van der Waals surface area (Å²) in [7, 11) is 2.94. The van der Waals surface area contributed by atoms with E-state index < -0.39 is 47.3 Å². The molecule has 0 bridgehead atoms. The Bertz CT molecular complexity index is 1240. The van der Waals surface area contributed by atoms with Crippen LogP contribution in [0.4, 0.5) is 19.7 Å². The molecule has 5 amide bonds. The second kappa shape index (κ2) is 7.38. The van der Waals surface area contributed by atoms with Crippen molar-refractivity contribution in [2.24, 2.45) is 5.41 Å². The molecule has 1 spiro atoms. The van der Waals surface area contributed by atoms with Gasteiger partial charge in [-0.05, 0) is 30.6 Å². The van der Waals surface area contributed by atoms with Crippen molar-refractivity contribution >= 4 is 40.6 Å². The quantitative estimate of drug-likeness (QED) is 0.576. The Morgan fingerprint density at radius 3 is 2.59 bits per heavy atom. The molecule has 2 aromatic rings. The van der Waals surface area contributed by atoms with Gasteiger partial charge in [0, 0.05) is 27.1 Å². The van der Waals surface area contributed by atoms with Crippen molar-refractivity contribution in [1.82, 2.24) is 20.7 Å². The maximum absolute atomic E-state index is 15.9. The standard InChI is InChI=1S/C21H22FN5O7/c1-8-7-27-13-10(5-11-14(12(13)22)34-25-16(11)33-20(31)26(3)4)6-21(15(27)9(2)32-8)17(28)23-19(30)24-18(21)29/h5,8-9,15H,6-7H2,1-4H3,(H2,23,24,28,29,30)/t8-,9+,15-/m1/s1. The summed E-state index contributed by atoms with van der Waals surface area (Å²) in [6.45, 7) is 3.67. The molecule has 2 fully saturated rings. The van der Waals surface area contributed by atoms with Crippen LogP contribution in [0.1, 0.15) is 19.4 Å². The number of nitrogens with one attached hydrogen (secondary N) is 2. The lowest BCUT2D eigenvalue weighted by Crippen LogP contribution is -2.75. The normalized spacial score (nSPS) is 25.5. The Labute approximate surface area is 192 Å². The number of hydrogen-bond acceptors (Lipinski definition) is 9. The number of barbiturate groups is 1. The molecule has 13 heteroatoms. The van der Waals surface area contributed by atoms with Gasteiger partial charge in [0.05, 0.1) is 29.3 Å². The zero-order valence-corrected chi connectivity index (χ0v) is 18.8. The number of aromatic nitrogens is 1. The number of urea groups is 1. The Morgan fingerprint density at radius 2 is 1.94 bits per heavy atom. The number of nitrogens with zero attached hydrogens (tertiary/aromatic N) is 3. The van der Waals surface area contributed by atoms with Crippen LogP contribution in [0.15, 0.2) is 10.6 Å². The van der Waals surface area contributed by atoms with Crippen molar-refractivity contribution in [2.75, 3.05) is 25.5 Å². The summed E-state index contributed by atoms with van der Waals surface area (Å²) >= 11 is 0. The fourth-order valence-electron chi connectivity index (χ4n) is 5.17. The summed E-state index contributed by atoms with van der Waals surface area (Å²) < 4.78 is 32.1. The molecule has 0 aliphatic carbocycles. The van der Waals surface area contributed by atoms with Crippen LogP contribution in [0.2, 0.25) is 0 Å². The number of carbonyl (C=O) groups is 4. The van der Waals surface area contributed by atoms with E-state index in [1.54, 1.807) is 18.7 Å². The number of hydrogen-bond donors (Lipinski definition) is 2. The minimum atomic E-state index is -1.77. The average molecular weight is 475 g/mol. The van der Waals surface area contributed by atoms with Gasteiger partial charge in [-0.15, -0.1) is 0 Å². The molecule has 2 N–H and O–H groups in total. The smallest absolute Gasteiger partial charge is 0.387 e. The summed E-state index contributed by atoms with van der Waals surface area (Å²) in [5.41, 5.74) is -1.55. The van der Waals surface area contributed by atoms with Gasteiger partial charge < -0.3 is 23.8 Å². The molecule has 1 aromatic heterocycles. The molecule has 3 aliphatic rings. The monoisotopic (exact) mass is 475 g/mol. The van der Waals surface area contributed by atoms with Crippen LogP contribution in [0.25, 0.3) is 11.0 Å². The molecule has 180 valence electrons. The predicted molar refractivity (Wildman–Crippen MR) is 113 cm³/mol. The highest BCUT2D eigenvalue weighted by Gasteiger charge is 2.63. The van der Waals surface area contributed by atoms with Crippen molar-refractivity contribution in [3.63, 3.8) is 0 Å². The number of morpholine rings is 1. The van der Waals surface area contributed by atoms with Gasteiger partial charge in [0.25, 0.3) is 5.88 Å². The molecule has 0 saturated carbocycles.